The standard InChI is InChI=1S/C17H21BrFNS/c1-3-9-20-16(17-8-7-14(4-2)21-17)10-12-5-6-13(19)11-15(12)18/h5-8,11,16,20H,3-4,9-10H2,1-2H3. The quantitative estimate of drug-likeness (QED) is 0.679. The summed E-state index contributed by atoms with van der Waals surface area (Å²) in [7, 11) is 0. The Hall–Kier alpha value is -0.710. The molecule has 2 aromatic rings. The number of thiophene rings is 1. The van der Waals surface area contributed by atoms with Gasteiger partial charge < -0.3 is 5.32 Å². The van der Waals surface area contributed by atoms with Crippen molar-refractivity contribution in [3.05, 3.63) is 55.9 Å². The van der Waals surface area contributed by atoms with E-state index in [0.29, 0.717) is 0 Å². The zero-order valence-corrected chi connectivity index (χ0v) is 14.9. The van der Waals surface area contributed by atoms with E-state index in [4.69, 9.17) is 0 Å². The molecule has 1 N–H and O–H groups in total. The van der Waals surface area contributed by atoms with E-state index in [-0.39, 0.29) is 11.9 Å². The molecular formula is C17H21BrFNS. The van der Waals surface area contributed by atoms with E-state index >= 15 is 0 Å². The number of rotatable bonds is 7. The van der Waals surface area contributed by atoms with Gasteiger partial charge in [-0.05, 0) is 55.6 Å². The lowest BCUT2D eigenvalue weighted by Crippen LogP contribution is -2.23. The molecule has 0 aliphatic rings. The van der Waals surface area contributed by atoms with Gasteiger partial charge in [-0.2, -0.15) is 0 Å². The molecule has 0 spiro atoms. The van der Waals surface area contributed by atoms with E-state index < -0.39 is 0 Å². The van der Waals surface area contributed by atoms with Crippen molar-refractivity contribution in [1.29, 1.82) is 0 Å². The Morgan fingerprint density at radius 3 is 2.67 bits per heavy atom. The maximum Gasteiger partial charge on any atom is 0.124 e. The van der Waals surface area contributed by atoms with Gasteiger partial charge in [0.2, 0.25) is 0 Å². The molecule has 2 rings (SSSR count). The van der Waals surface area contributed by atoms with Crippen molar-refractivity contribution in [3.63, 3.8) is 0 Å². The maximum absolute atomic E-state index is 13.2. The van der Waals surface area contributed by atoms with Crippen LogP contribution in [0.2, 0.25) is 0 Å². The Labute approximate surface area is 138 Å². The second-order valence-corrected chi connectivity index (χ2v) is 7.16. The van der Waals surface area contributed by atoms with Crippen LogP contribution < -0.4 is 5.32 Å². The summed E-state index contributed by atoms with van der Waals surface area (Å²) in [5.41, 5.74) is 1.14. The van der Waals surface area contributed by atoms with Crippen molar-refractivity contribution in [1.82, 2.24) is 5.32 Å². The molecule has 0 saturated heterocycles. The number of aryl methyl sites for hydroxylation is 1. The number of hydrogen-bond donors (Lipinski definition) is 1. The molecule has 1 heterocycles. The third-order valence-electron chi connectivity index (χ3n) is 3.45. The van der Waals surface area contributed by atoms with E-state index in [1.807, 2.05) is 17.4 Å². The van der Waals surface area contributed by atoms with Gasteiger partial charge in [-0.15, -0.1) is 11.3 Å². The Bertz CT molecular complexity index is 582. The highest BCUT2D eigenvalue weighted by Crippen LogP contribution is 2.29. The molecule has 4 heteroatoms. The van der Waals surface area contributed by atoms with Gasteiger partial charge >= 0.3 is 0 Å². The van der Waals surface area contributed by atoms with Crippen molar-refractivity contribution in [3.8, 4) is 0 Å². The lowest BCUT2D eigenvalue weighted by Gasteiger charge is -2.18. The minimum Gasteiger partial charge on any atom is -0.309 e. The van der Waals surface area contributed by atoms with Crippen LogP contribution in [0.4, 0.5) is 4.39 Å². The smallest absolute Gasteiger partial charge is 0.124 e. The Kier molecular flexibility index (Phi) is 6.40. The van der Waals surface area contributed by atoms with Gasteiger partial charge in [-0.25, -0.2) is 4.39 Å². The normalized spacial score (nSPS) is 12.6. The SMILES string of the molecule is CCCNC(Cc1ccc(F)cc1Br)c1ccc(CC)s1. The average Bonchev–Trinajstić information content (AvgIpc) is 2.94. The zero-order valence-electron chi connectivity index (χ0n) is 12.5. The fourth-order valence-corrected chi connectivity index (χ4v) is 3.81. The molecule has 1 aromatic carbocycles. The van der Waals surface area contributed by atoms with Crippen LogP contribution in [0, 0.1) is 5.82 Å². The number of halogens is 2. The number of nitrogens with one attached hydrogen (secondary N) is 1. The van der Waals surface area contributed by atoms with Crippen LogP contribution in [0.25, 0.3) is 0 Å². The van der Waals surface area contributed by atoms with Crippen molar-refractivity contribution in [2.45, 2.75) is 39.2 Å². The molecule has 0 fully saturated rings. The lowest BCUT2D eigenvalue weighted by atomic mass is 10.0. The van der Waals surface area contributed by atoms with Gasteiger partial charge in [-0.1, -0.05) is 35.8 Å². The van der Waals surface area contributed by atoms with Crippen LogP contribution >= 0.6 is 27.3 Å². The highest BCUT2D eigenvalue weighted by atomic mass is 79.9. The molecule has 0 radical (unpaired) electrons. The van der Waals surface area contributed by atoms with Crippen LogP contribution in [0.15, 0.2) is 34.8 Å². The van der Waals surface area contributed by atoms with E-state index in [1.54, 1.807) is 0 Å². The zero-order chi connectivity index (χ0) is 15.2. The first-order valence-corrected chi connectivity index (χ1v) is 9.00. The Morgan fingerprint density at radius 2 is 2.05 bits per heavy atom. The summed E-state index contributed by atoms with van der Waals surface area (Å²) in [6.45, 7) is 5.34. The van der Waals surface area contributed by atoms with E-state index in [9.17, 15) is 4.39 Å². The number of benzene rings is 1. The van der Waals surface area contributed by atoms with Gasteiger partial charge in [-0.3, -0.25) is 0 Å². The van der Waals surface area contributed by atoms with E-state index in [2.05, 4.69) is 47.2 Å². The second kappa shape index (κ2) is 8.06. The molecule has 21 heavy (non-hydrogen) atoms. The molecule has 0 aliphatic carbocycles. The minimum absolute atomic E-state index is 0.201. The molecule has 1 aromatic heterocycles. The van der Waals surface area contributed by atoms with E-state index in [0.717, 1.165) is 35.8 Å². The first-order valence-electron chi connectivity index (χ1n) is 7.40. The van der Waals surface area contributed by atoms with Crippen molar-refractivity contribution >= 4 is 27.3 Å². The average molecular weight is 370 g/mol. The monoisotopic (exact) mass is 369 g/mol. The van der Waals surface area contributed by atoms with Gasteiger partial charge in [0, 0.05) is 20.3 Å². The van der Waals surface area contributed by atoms with Crippen molar-refractivity contribution in [2.24, 2.45) is 0 Å². The van der Waals surface area contributed by atoms with Gasteiger partial charge in [0.15, 0.2) is 0 Å². The molecular weight excluding hydrogens is 349 g/mol. The molecule has 0 bridgehead atoms. The summed E-state index contributed by atoms with van der Waals surface area (Å²) in [4.78, 5) is 2.77. The Morgan fingerprint density at radius 1 is 1.24 bits per heavy atom. The lowest BCUT2D eigenvalue weighted by molar-refractivity contribution is 0.535. The first-order chi connectivity index (χ1) is 10.1. The molecule has 0 amide bonds. The fraction of sp³-hybridized carbons (Fsp3) is 0.412. The maximum atomic E-state index is 13.2. The molecule has 1 unspecified atom stereocenters. The van der Waals surface area contributed by atoms with Crippen molar-refractivity contribution < 1.29 is 4.39 Å². The van der Waals surface area contributed by atoms with Crippen LogP contribution in [0.5, 0.6) is 0 Å². The third kappa shape index (κ3) is 4.63. The molecule has 0 aliphatic heterocycles. The van der Waals surface area contributed by atoms with Gasteiger partial charge in [0.05, 0.1) is 0 Å². The topological polar surface area (TPSA) is 12.0 Å². The van der Waals surface area contributed by atoms with E-state index in [1.165, 1.54) is 21.9 Å². The summed E-state index contributed by atoms with van der Waals surface area (Å²) in [6.07, 6.45) is 3.04. The molecule has 1 atom stereocenters. The summed E-state index contributed by atoms with van der Waals surface area (Å²) < 4.78 is 14.1. The van der Waals surface area contributed by atoms with Crippen LogP contribution in [0.1, 0.15) is 41.6 Å². The van der Waals surface area contributed by atoms with Crippen LogP contribution in [0.3, 0.4) is 0 Å². The second-order valence-electron chi connectivity index (χ2n) is 5.10. The predicted octanol–water partition coefficient (Wildman–Crippen LogP) is 5.50. The highest BCUT2D eigenvalue weighted by molar-refractivity contribution is 9.10. The highest BCUT2D eigenvalue weighted by Gasteiger charge is 2.15. The minimum atomic E-state index is -0.201. The summed E-state index contributed by atoms with van der Waals surface area (Å²) in [6, 6.07) is 9.65. The Balaban J connectivity index is 2.19. The van der Waals surface area contributed by atoms with Crippen molar-refractivity contribution in [2.75, 3.05) is 6.54 Å². The molecule has 1 nitrogen and oxygen atoms in total. The molecule has 114 valence electrons. The first kappa shape index (κ1) is 16.7. The summed E-state index contributed by atoms with van der Waals surface area (Å²) >= 11 is 5.34. The van der Waals surface area contributed by atoms with Crippen LogP contribution in [-0.4, -0.2) is 6.54 Å². The summed E-state index contributed by atoms with van der Waals surface area (Å²) in [5.74, 6) is -0.201. The fourth-order valence-electron chi connectivity index (χ4n) is 2.27. The largest absolute Gasteiger partial charge is 0.309 e. The summed E-state index contributed by atoms with van der Waals surface area (Å²) in [5, 5.41) is 3.61. The predicted molar refractivity (Wildman–Crippen MR) is 92.5 cm³/mol. The third-order valence-corrected chi connectivity index (χ3v) is 5.54. The van der Waals surface area contributed by atoms with Gasteiger partial charge in [0.25, 0.3) is 0 Å². The number of hydrogen-bond acceptors (Lipinski definition) is 2. The molecule has 0 saturated carbocycles. The van der Waals surface area contributed by atoms with Gasteiger partial charge in [0.1, 0.15) is 5.82 Å². The van der Waals surface area contributed by atoms with Crippen LogP contribution in [-0.2, 0) is 12.8 Å².